The smallest absolute Gasteiger partial charge is 0.248 e. The van der Waals surface area contributed by atoms with Crippen molar-refractivity contribution in [1.29, 1.82) is 0 Å². The van der Waals surface area contributed by atoms with Crippen LogP contribution in [-0.2, 0) is 0 Å². The summed E-state index contributed by atoms with van der Waals surface area (Å²) in [6.07, 6.45) is 0. The lowest BCUT2D eigenvalue weighted by molar-refractivity contribution is 0.314. The van der Waals surface area contributed by atoms with Crippen LogP contribution in [0.5, 0.6) is 17.2 Å². The summed E-state index contributed by atoms with van der Waals surface area (Å²) in [5.74, 6) is 1.96. The van der Waals surface area contributed by atoms with Crippen LogP contribution in [0, 0.1) is 0 Å². The first kappa shape index (κ1) is 16.7. The van der Waals surface area contributed by atoms with E-state index >= 15 is 0 Å². The minimum absolute atomic E-state index is 0.425. The number of methoxy groups -OCH3 is 3. The average molecular weight is 278 g/mol. The van der Waals surface area contributed by atoms with E-state index in [-0.39, 0.29) is 0 Å². The van der Waals surface area contributed by atoms with Crippen molar-refractivity contribution in [3.05, 3.63) is 12.1 Å². The fourth-order valence-electron chi connectivity index (χ4n) is 2.24. The van der Waals surface area contributed by atoms with E-state index in [4.69, 9.17) is 14.2 Å². The highest BCUT2D eigenvalue weighted by Crippen LogP contribution is 2.35. The Hall–Kier alpha value is -1.36. The van der Waals surface area contributed by atoms with Gasteiger partial charge in [-0.25, -0.2) is 0 Å². The van der Waals surface area contributed by atoms with Gasteiger partial charge in [-0.2, -0.15) is 0 Å². The van der Waals surface area contributed by atoms with Gasteiger partial charge in [0.2, 0.25) is 13.2 Å². The van der Waals surface area contributed by atoms with E-state index in [1.165, 1.54) is 0 Å². The molecule has 1 aromatic carbocycles. The van der Waals surface area contributed by atoms with Crippen LogP contribution in [0.25, 0.3) is 0 Å². The highest BCUT2D eigenvalue weighted by Gasteiger charge is 2.19. The number of hydrogen-bond acceptors (Lipinski definition) is 4. The summed E-state index contributed by atoms with van der Waals surface area (Å²) in [5.41, 5.74) is 1.03. The first-order valence-corrected chi connectivity index (χ1v) is 6.86. The zero-order valence-electron chi connectivity index (χ0n) is 13.6. The maximum Gasteiger partial charge on any atom is 0.248 e. The van der Waals surface area contributed by atoms with Crippen molar-refractivity contribution in [2.75, 3.05) is 21.3 Å². The van der Waals surface area contributed by atoms with Crippen LogP contribution in [0.15, 0.2) is 12.1 Å². The van der Waals surface area contributed by atoms with Crippen molar-refractivity contribution in [3.8, 4) is 17.2 Å². The lowest BCUT2D eigenvalue weighted by Gasteiger charge is -2.30. The largest absolute Gasteiger partial charge is 0.493 e. The Balaban J connectivity index is 3.12. The van der Waals surface area contributed by atoms with E-state index in [0.29, 0.717) is 29.3 Å². The van der Waals surface area contributed by atoms with Gasteiger partial charge in [-0.15, -0.1) is 0 Å². The second kappa shape index (κ2) is 7.43. The first-order valence-electron chi connectivity index (χ1n) is 6.86. The number of ether oxygens (including phenoxy) is 3. The number of hydrogen-bond donors (Lipinski definition) is 0. The Morgan fingerprint density at radius 3 is 1.60 bits per heavy atom. The molecule has 5 heteroatoms. The van der Waals surface area contributed by atoms with Crippen molar-refractivity contribution >= 4 is 12.9 Å². The Labute approximate surface area is 123 Å². The molecule has 0 saturated heterocycles. The van der Waals surface area contributed by atoms with Gasteiger partial charge in [-0.3, -0.25) is 0 Å². The predicted octanol–water partition coefficient (Wildman–Crippen LogP) is 2.08. The van der Waals surface area contributed by atoms with Crippen LogP contribution in [-0.4, -0.2) is 45.6 Å². The number of benzene rings is 1. The van der Waals surface area contributed by atoms with Crippen LogP contribution in [0.1, 0.15) is 27.7 Å². The van der Waals surface area contributed by atoms with Crippen molar-refractivity contribution < 1.29 is 14.2 Å². The Bertz CT molecular complexity index is 402. The van der Waals surface area contributed by atoms with Crippen molar-refractivity contribution in [2.24, 2.45) is 0 Å². The van der Waals surface area contributed by atoms with Crippen LogP contribution in [0.4, 0.5) is 0 Å². The van der Waals surface area contributed by atoms with Gasteiger partial charge in [-0.05, 0) is 24.2 Å². The van der Waals surface area contributed by atoms with Crippen LogP contribution >= 0.6 is 0 Å². The van der Waals surface area contributed by atoms with Gasteiger partial charge in [0.1, 0.15) is 0 Å². The Morgan fingerprint density at radius 2 is 1.30 bits per heavy atom. The molecule has 0 aromatic heterocycles. The molecular weight excluding hydrogens is 253 g/mol. The number of nitrogens with zero attached hydrogens (tertiary/aromatic N) is 1. The normalized spacial score (nSPS) is 11.1. The van der Waals surface area contributed by atoms with E-state index in [2.05, 4.69) is 39.9 Å². The van der Waals surface area contributed by atoms with E-state index in [9.17, 15) is 0 Å². The summed E-state index contributed by atoms with van der Waals surface area (Å²) < 4.78 is 16.1. The molecule has 1 rings (SSSR count). The lowest BCUT2D eigenvalue weighted by Crippen LogP contribution is -2.45. The summed E-state index contributed by atoms with van der Waals surface area (Å²) in [6, 6.07) is 4.77. The fraction of sp³-hybridized carbons (Fsp3) is 0.600. The van der Waals surface area contributed by atoms with Gasteiger partial charge >= 0.3 is 0 Å². The molecule has 111 valence electrons. The molecule has 20 heavy (non-hydrogen) atoms. The second-order valence-electron chi connectivity index (χ2n) is 5.22. The maximum absolute atomic E-state index is 5.38. The highest BCUT2D eigenvalue weighted by atomic mass is 16.5. The molecule has 0 unspecified atom stereocenters. The lowest BCUT2D eigenvalue weighted by atomic mass is 9.77. The molecule has 1 radical (unpaired) electrons. The Kier molecular flexibility index (Phi) is 6.21. The van der Waals surface area contributed by atoms with Gasteiger partial charge in [0.15, 0.2) is 11.5 Å². The minimum Gasteiger partial charge on any atom is -0.493 e. The van der Waals surface area contributed by atoms with Crippen LogP contribution < -0.4 is 19.7 Å². The molecule has 0 atom stereocenters. The van der Waals surface area contributed by atoms with Gasteiger partial charge in [0.05, 0.1) is 21.3 Å². The van der Waals surface area contributed by atoms with Crippen molar-refractivity contribution in [3.63, 3.8) is 0 Å². The van der Waals surface area contributed by atoms with E-state index in [0.717, 1.165) is 5.46 Å². The quantitative estimate of drug-likeness (QED) is 0.714. The monoisotopic (exact) mass is 278 g/mol. The molecule has 0 bridgehead atoms. The molecule has 0 aliphatic heterocycles. The van der Waals surface area contributed by atoms with Crippen LogP contribution in [0.3, 0.4) is 0 Å². The molecule has 0 amide bonds. The molecule has 0 aliphatic carbocycles. The number of rotatable bonds is 7. The van der Waals surface area contributed by atoms with Crippen molar-refractivity contribution in [1.82, 2.24) is 4.81 Å². The van der Waals surface area contributed by atoms with Gasteiger partial charge in [0, 0.05) is 0 Å². The highest BCUT2D eigenvalue weighted by molar-refractivity contribution is 6.51. The zero-order valence-corrected chi connectivity index (χ0v) is 13.6. The summed E-state index contributed by atoms with van der Waals surface area (Å²) in [6.45, 7) is 8.70. The van der Waals surface area contributed by atoms with Gasteiger partial charge < -0.3 is 19.0 Å². The summed E-state index contributed by atoms with van der Waals surface area (Å²) in [4.78, 5) is 2.29. The molecule has 0 fully saturated rings. The third-order valence-corrected chi connectivity index (χ3v) is 3.18. The van der Waals surface area contributed by atoms with Crippen LogP contribution in [0.2, 0.25) is 0 Å². The van der Waals surface area contributed by atoms with Crippen molar-refractivity contribution in [2.45, 2.75) is 39.8 Å². The molecule has 0 N–H and O–H groups in total. The van der Waals surface area contributed by atoms with Gasteiger partial charge in [-0.1, -0.05) is 33.2 Å². The third-order valence-electron chi connectivity index (χ3n) is 3.18. The standard InChI is InChI=1S/C15H25BNO3/c1-10(2)17(11(3)4)16-12-8-13(18-5)15(20-7)14(9-12)19-6/h8-11H,1-7H3. The summed E-state index contributed by atoms with van der Waals surface area (Å²) in [5, 5.41) is 0. The molecular formula is C15H25BNO3. The minimum atomic E-state index is 0.425. The second-order valence-corrected chi connectivity index (χ2v) is 5.22. The molecule has 1 aromatic rings. The SMILES string of the molecule is COc1cc([B]N(C(C)C)C(C)C)cc(OC)c1OC. The van der Waals surface area contributed by atoms with Gasteiger partial charge in [0.25, 0.3) is 0 Å². The maximum atomic E-state index is 5.38. The van der Waals surface area contributed by atoms with E-state index in [1.807, 2.05) is 12.1 Å². The third kappa shape index (κ3) is 3.82. The summed E-state index contributed by atoms with van der Waals surface area (Å²) >= 11 is 0. The molecule has 4 nitrogen and oxygen atoms in total. The molecule has 0 aliphatic rings. The fourth-order valence-corrected chi connectivity index (χ4v) is 2.24. The van der Waals surface area contributed by atoms with E-state index < -0.39 is 0 Å². The first-order chi connectivity index (χ1) is 9.44. The topological polar surface area (TPSA) is 30.9 Å². The molecule has 0 heterocycles. The predicted molar refractivity (Wildman–Crippen MR) is 83.6 cm³/mol. The summed E-state index contributed by atoms with van der Waals surface area (Å²) in [7, 11) is 6.99. The molecule has 0 saturated carbocycles. The zero-order chi connectivity index (χ0) is 15.3. The average Bonchev–Trinajstić information content (AvgIpc) is 2.42. The molecule has 0 spiro atoms. The van der Waals surface area contributed by atoms with E-state index in [1.54, 1.807) is 21.3 Å². The Morgan fingerprint density at radius 1 is 0.850 bits per heavy atom.